The lowest BCUT2D eigenvalue weighted by molar-refractivity contribution is -0.120. The summed E-state index contributed by atoms with van der Waals surface area (Å²) in [5.74, 6) is -0.986. The van der Waals surface area contributed by atoms with Gasteiger partial charge in [-0.25, -0.2) is 12.7 Å². The van der Waals surface area contributed by atoms with Gasteiger partial charge in [-0.1, -0.05) is 48.5 Å². The molecule has 1 N–H and O–H groups in total. The Balaban J connectivity index is 2.36. The zero-order chi connectivity index (χ0) is 15.9. The number of nitrogens with zero attached hydrogens (tertiary/aromatic N) is 1. The van der Waals surface area contributed by atoms with Crippen LogP contribution in [0.5, 0.6) is 0 Å². The number of carbonyl (C=O) groups excluding carboxylic acids is 1. The van der Waals surface area contributed by atoms with E-state index >= 15 is 0 Å². The van der Waals surface area contributed by atoms with E-state index in [0.29, 0.717) is 9.87 Å². The van der Waals surface area contributed by atoms with E-state index in [1.807, 2.05) is 0 Å². The minimum Gasteiger partial charge on any atom is -0.506 e. The number of carbonyl (C=O) groups is 1. The monoisotopic (exact) mass is 315 g/mol. The van der Waals surface area contributed by atoms with Gasteiger partial charge in [-0.2, -0.15) is 0 Å². The molecule has 1 heterocycles. The van der Waals surface area contributed by atoms with Crippen LogP contribution in [-0.2, 0) is 14.8 Å². The average Bonchev–Trinajstić information content (AvgIpc) is 2.54. The van der Waals surface area contributed by atoms with Crippen molar-refractivity contribution in [2.24, 2.45) is 0 Å². The van der Waals surface area contributed by atoms with Crippen molar-refractivity contribution in [2.75, 3.05) is 7.05 Å². The van der Waals surface area contributed by atoms with Crippen LogP contribution in [0, 0.1) is 0 Å². The molecule has 0 unspecified atom stereocenters. The van der Waals surface area contributed by atoms with Crippen molar-refractivity contribution in [1.29, 1.82) is 0 Å². The highest BCUT2D eigenvalue weighted by atomic mass is 32.2. The van der Waals surface area contributed by atoms with Crippen molar-refractivity contribution in [3.63, 3.8) is 0 Å². The molecule has 1 aliphatic heterocycles. The number of aliphatic hydroxyl groups is 1. The van der Waals surface area contributed by atoms with Crippen LogP contribution in [0.2, 0.25) is 0 Å². The highest BCUT2D eigenvalue weighted by molar-refractivity contribution is 7.90. The number of likely N-dealkylation sites (N-methyl/N-ethyl adjacent to an activating group) is 1. The molecule has 0 saturated carbocycles. The fraction of sp³-hybridized carbons (Fsp3) is 0.0625. The molecule has 0 radical (unpaired) electrons. The predicted octanol–water partition coefficient (Wildman–Crippen LogP) is 2.27. The first kappa shape index (κ1) is 14.3. The van der Waals surface area contributed by atoms with Crippen LogP contribution >= 0.6 is 0 Å². The van der Waals surface area contributed by atoms with E-state index in [-0.39, 0.29) is 21.8 Å². The zero-order valence-corrected chi connectivity index (χ0v) is 12.5. The topological polar surface area (TPSA) is 74.7 Å². The lowest BCUT2D eigenvalue weighted by Gasteiger charge is -2.27. The van der Waals surface area contributed by atoms with E-state index in [2.05, 4.69) is 0 Å². The van der Waals surface area contributed by atoms with Gasteiger partial charge in [-0.15, -0.1) is 0 Å². The van der Waals surface area contributed by atoms with E-state index in [1.165, 1.54) is 19.2 Å². The van der Waals surface area contributed by atoms with Crippen molar-refractivity contribution < 1.29 is 18.3 Å². The molecule has 2 aromatic carbocycles. The highest BCUT2D eigenvalue weighted by Crippen LogP contribution is 2.36. The SMILES string of the molecule is CN1C(=O)/C(=C(\O)c2ccccc2)c2ccccc2S1(=O)=O. The van der Waals surface area contributed by atoms with Crippen molar-refractivity contribution in [1.82, 2.24) is 4.31 Å². The molecule has 6 heteroatoms. The van der Waals surface area contributed by atoms with Crippen LogP contribution in [0.3, 0.4) is 0 Å². The summed E-state index contributed by atoms with van der Waals surface area (Å²) in [4.78, 5) is 12.5. The molecule has 0 aromatic heterocycles. The van der Waals surface area contributed by atoms with E-state index in [0.717, 1.165) is 0 Å². The summed E-state index contributed by atoms with van der Waals surface area (Å²) in [6, 6.07) is 14.7. The molecular formula is C16H13NO4S. The maximum absolute atomic E-state index is 12.4. The van der Waals surface area contributed by atoms with Gasteiger partial charge in [0.05, 0.1) is 10.5 Å². The van der Waals surface area contributed by atoms with Crippen LogP contribution in [0.1, 0.15) is 11.1 Å². The van der Waals surface area contributed by atoms with Crippen molar-refractivity contribution in [3.8, 4) is 0 Å². The minimum absolute atomic E-state index is 0.00887. The second-order valence-electron chi connectivity index (χ2n) is 4.86. The van der Waals surface area contributed by atoms with E-state index in [4.69, 9.17) is 0 Å². The van der Waals surface area contributed by atoms with Gasteiger partial charge in [-0.05, 0) is 6.07 Å². The molecule has 112 valence electrons. The van der Waals surface area contributed by atoms with Crippen LogP contribution in [0.25, 0.3) is 11.3 Å². The molecule has 0 fully saturated rings. The van der Waals surface area contributed by atoms with Gasteiger partial charge >= 0.3 is 0 Å². The van der Waals surface area contributed by atoms with Crippen molar-refractivity contribution in [3.05, 3.63) is 65.7 Å². The quantitative estimate of drug-likeness (QED) is 0.647. The summed E-state index contributed by atoms with van der Waals surface area (Å²) >= 11 is 0. The summed E-state index contributed by atoms with van der Waals surface area (Å²) in [6.45, 7) is 0. The molecular weight excluding hydrogens is 302 g/mol. The molecule has 2 aromatic rings. The van der Waals surface area contributed by atoms with Crippen molar-refractivity contribution >= 4 is 27.3 Å². The summed E-state index contributed by atoms with van der Waals surface area (Å²) in [7, 11) is -2.69. The average molecular weight is 315 g/mol. The lowest BCUT2D eigenvalue weighted by atomic mass is 10.00. The summed E-state index contributed by atoms with van der Waals surface area (Å²) in [5.41, 5.74) is 0.652. The van der Waals surface area contributed by atoms with Gasteiger partial charge in [0.15, 0.2) is 0 Å². The fourth-order valence-electron chi connectivity index (χ4n) is 2.40. The number of fused-ring (bicyclic) bond motifs is 1. The Bertz CT molecular complexity index is 885. The van der Waals surface area contributed by atoms with Gasteiger partial charge < -0.3 is 5.11 Å². The Morgan fingerprint density at radius 2 is 1.59 bits per heavy atom. The third-order valence-electron chi connectivity index (χ3n) is 3.58. The maximum atomic E-state index is 12.4. The lowest BCUT2D eigenvalue weighted by Crippen LogP contribution is -2.38. The molecule has 3 rings (SSSR count). The maximum Gasteiger partial charge on any atom is 0.271 e. The van der Waals surface area contributed by atoms with Gasteiger partial charge in [0.25, 0.3) is 15.9 Å². The molecule has 0 saturated heterocycles. The fourth-order valence-corrected chi connectivity index (χ4v) is 3.70. The Morgan fingerprint density at radius 1 is 1.00 bits per heavy atom. The number of hydrogen-bond acceptors (Lipinski definition) is 4. The van der Waals surface area contributed by atoms with Gasteiger partial charge in [-0.3, -0.25) is 4.79 Å². The third kappa shape index (κ3) is 2.00. The summed E-state index contributed by atoms with van der Waals surface area (Å²) in [5, 5.41) is 10.5. The second kappa shape index (κ2) is 4.99. The van der Waals surface area contributed by atoms with Crippen LogP contribution in [-0.4, -0.2) is 30.8 Å². The first-order valence-corrected chi connectivity index (χ1v) is 8.00. The zero-order valence-electron chi connectivity index (χ0n) is 11.7. The molecule has 0 aliphatic carbocycles. The van der Waals surface area contributed by atoms with E-state index in [1.54, 1.807) is 42.5 Å². The highest BCUT2D eigenvalue weighted by Gasteiger charge is 2.39. The first-order valence-electron chi connectivity index (χ1n) is 6.56. The Kier molecular flexibility index (Phi) is 3.26. The van der Waals surface area contributed by atoms with Crippen LogP contribution < -0.4 is 0 Å². The molecule has 0 atom stereocenters. The largest absolute Gasteiger partial charge is 0.506 e. The number of benzene rings is 2. The molecule has 1 aliphatic rings. The molecule has 1 amide bonds. The van der Waals surface area contributed by atoms with Gasteiger partial charge in [0, 0.05) is 18.2 Å². The smallest absolute Gasteiger partial charge is 0.271 e. The Hall–Kier alpha value is -2.60. The summed E-state index contributed by atoms with van der Waals surface area (Å²) in [6.07, 6.45) is 0. The molecule has 0 bridgehead atoms. The third-order valence-corrected chi connectivity index (χ3v) is 5.38. The predicted molar refractivity (Wildman–Crippen MR) is 82.3 cm³/mol. The number of hydrogen-bond donors (Lipinski definition) is 1. The van der Waals surface area contributed by atoms with Crippen LogP contribution in [0.15, 0.2) is 59.5 Å². The number of aliphatic hydroxyl groups excluding tert-OH is 1. The first-order chi connectivity index (χ1) is 10.4. The van der Waals surface area contributed by atoms with E-state index < -0.39 is 15.9 Å². The second-order valence-corrected chi connectivity index (χ2v) is 6.80. The molecule has 22 heavy (non-hydrogen) atoms. The minimum atomic E-state index is -3.88. The molecule has 0 spiro atoms. The van der Waals surface area contributed by atoms with Gasteiger partial charge in [0.2, 0.25) is 0 Å². The number of amides is 1. The summed E-state index contributed by atoms with van der Waals surface area (Å²) < 4.78 is 25.3. The molecule has 5 nitrogen and oxygen atoms in total. The number of rotatable bonds is 1. The Morgan fingerprint density at radius 3 is 2.27 bits per heavy atom. The van der Waals surface area contributed by atoms with Gasteiger partial charge in [0.1, 0.15) is 5.76 Å². The number of sulfonamides is 1. The van der Waals surface area contributed by atoms with Crippen molar-refractivity contribution in [2.45, 2.75) is 4.90 Å². The van der Waals surface area contributed by atoms with E-state index in [9.17, 15) is 18.3 Å². The Labute approximate surface area is 128 Å². The van der Waals surface area contributed by atoms with Crippen LogP contribution in [0.4, 0.5) is 0 Å². The standard InChI is InChI=1S/C16H13NO4S/c1-17-16(19)14(15(18)11-7-3-2-4-8-11)12-9-5-6-10-13(12)22(17,20)21/h2-10,18H,1H3/b15-14-. The normalized spacial score (nSPS) is 18.8.